The molecule has 3 heterocycles. The fourth-order valence-electron chi connectivity index (χ4n) is 4.30. The Balaban J connectivity index is 1.60. The topological polar surface area (TPSA) is 68.2 Å². The summed E-state index contributed by atoms with van der Waals surface area (Å²) in [6, 6.07) is 6.04. The van der Waals surface area contributed by atoms with E-state index in [0.29, 0.717) is 12.1 Å². The van der Waals surface area contributed by atoms with Crippen LogP contribution in [0.5, 0.6) is 5.88 Å². The van der Waals surface area contributed by atoms with Crippen LogP contribution in [0.15, 0.2) is 48.9 Å². The van der Waals surface area contributed by atoms with Crippen LogP contribution < -0.4 is 4.74 Å². The van der Waals surface area contributed by atoms with Crippen LogP contribution in [0.1, 0.15) is 41.3 Å². The van der Waals surface area contributed by atoms with Crippen LogP contribution in [-0.2, 0) is 6.18 Å². The fourth-order valence-corrected chi connectivity index (χ4v) is 4.30. The first-order chi connectivity index (χ1) is 16.7. The summed E-state index contributed by atoms with van der Waals surface area (Å²) < 4.78 is 58.5. The minimum absolute atomic E-state index is 0.0409. The van der Waals surface area contributed by atoms with Crippen molar-refractivity contribution in [2.45, 2.75) is 38.9 Å². The summed E-state index contributed by atoms with van der Waals surface area (Å²) in [5, 5.41) is 0. The molecule has 1 aliphatic heterocycles. The Morgan fingerprint density at radius 3 is 2.54 bits per heavy atom. The van der Waals surface area contributed by atoms with Crippen molar-refractivity contribution in [1.82, 2.24) is 19.9 Å². The third-order valence-electron chi connectivity index (χ3n) is 6.26. The molecule has 0 saturated carbocycles. The molecular formula is C25H24F4N4O2. The largest absolute Gasteiger partial charge is 0.475 e. The molecule has 0 spiro atoms. The van der Waals surface area contributed by atoms with Crippen LogP contribution in [0.3, 0.4) is 0 Å². The number of benzene rings is 1. The monoisotopic (exact) mass is 488 g/mol. The zero-order valence-corrected chi connectivity index (χ0v) is 19.2. The smallest absolute Gasteiger partial charge is 0.417 e. The summed E-state index contributed by atoms with van der Waals surface area (Å²) in [5.74, 6) is -0.417. The third kappa shape index (κ3) is 5.26. The van der Waals surface area contributed by atoms with Gasteiger partial charge in [0.05, 0.1) is 17.2 Å². The van der Waals surface area contributed by atoms with Crippen LogP contribution in [0.25, 0.3) is 11.4 Å². The first-order valence-corrected chi connectivity index (χ1v) is 11.2. The molecule has 184 valence electrons. The Morgan fingerprint density at radius 1 is 1.14 bits per heavy atom. The maximum Gasteiger partial charge on any atom is 0.417 e. The van der Waals surface area contributed by atoms with E-state index >= 15 is 0 Å². The minimum atomic E-state index is -4.49. The van der Waals surface area contributed by atoms with Crippen molar-refractivity contribution in [3.8, 4) is 17.3 Å². The van der Waals surface area contributed by atoms with Crippen LogP contribution in [0, 0.1) is 18.7 Å². The Hall–Kier alpha value is -3.56. The molecule has 1 amide bonds. The molecular weight excluding hydrogens is 464 g/mol. The zero-order chi connectivity index (χ0) is 25.2. The van der Waals surface area contributed by atoms with E-state index in [0.717, 1.165) is 31.2 Å². The molecule has 35 heavy (non-hydrogen) atoms. The molecule has 0 N–H and O–H groups in total. The molecule has 2 aromatic heterocycles. The van der Waals surface area contributed by atoms with Gasteiger partial charge in [-0.2, -0.15) is 13.2 Å². The first-order valence-electron chi connectivity index (χ1n) is 11.2. The van der Waals surface area contributed by atoms with Gasteiger partial charge in [-0.25, -0.2) is 19.3 Å². The number of aromatic nitrogens is 3. The van der Waals surface area contributed by atoms with Gasteiger partial charge in [-0.15, -0.1) is 0 Å². The van der Waals surface area contributed by atoms with Crippen LogP contribution in [0.2, 0.25) is 0 Å². The summed E-state index contributed by atoms with van der Waals surface area (Å²) in [6.45, 7) is 4.09. The van der Waals surface area contributed by atoms with Crippen molar-refractivity contribution < 1.29 is 27.1 Å². The Labute approximate surface area is 200 Å². The van der Waals surface area contributed by atoms with Gasteiger partial charge in [-0.05, 0) is 55.5 Å². The Kier molecular flexibility index (Phi) is 7.00. The van der Waals surface area contributed by atoms with E-state index < -0.39 is 17.6 Å². The molecule has 1 saturated heterocycles. The molecule has 0 bridgehead atoms. The second-order valence-electron chi connectivity index (χ2n) is 8.55. The lowest BCUT2D eigenvalue weighted by Gasteiger charge is -2.40. The standard InChI is InChI=1S/C25H24F4N4O2/c1-15-5-3-12-33(20(15)14-35-21-9-6-17(13-32-21)25(27,28)29)24(34)18-7-8-19(26)16(2)22(18)23-30-10-4-11-31-23/h4,6-11,13,15,20H,3,5,12,14H2,1-2H3/t15-,20-/m1/s1. The summed E-state index contributed by atoms with van der Waals surface area (Å²) in [5.41, 5.74) is 0.0173. The number of hydrogen-bond donors (Lipinski definition) is 0. The number of carbonyl (C=O) groups is 1. The number of ether oxygens (including phenoxy) is 1. The van der Waals surface area contributed by atoms with E-state index in [2.05, 4.69) is 15.0 Å². The molecule has 1 aromatic carbocycles. The number of amides is 1. The predicted octanol–water partition coefficient (Wildman–Crippen LogP) is 5.32. The van der Waals surface area contributed by atoms with E-state index in [-0.39, 0.29) is 47.3 Å². The van der Waals surface area contributed by atoms with Gasteiger partial charge in [0, 0.05) is 36.8 Å². The van der Waals surface area contributed by atoms with E-state index in [9.17, 15) is 22.4 Å². The third-order valence-corrected chi connectivity index (χ3v) is 6.26. The second kappa shape index (κ2) is 9.97. The van der Waals surface area contributed by atoms with E-state index in [1.165, 1.54) is 24.5 Å². The summed E-state index contributed by atoms with van der Waals surface area (Å²) in [6.07, 6.45) is 0.917. The zero-order valence-electron chi connectivity index (χ0n) is 19.2. The average Bonchev–Trinajstić information content (AvgIpc) is 2.84. The van der Waals surface area contributed by atoms with Gasteiger partial charge in [0.2, 0.25) is 5.88 Å². The van der Waals surface area contributed by atoms with Crippen molar-refractivity contribution in [3.05, 3.63) is 71.4 Å². The second-order valence-corrected chi connectivity index (χ2v) is 8.55. The van der Waals surface area contributed by atoms with Crippen molar-refractivity contribution >= 4 is 5.91 Å². The normalized spacial score (nSPS) is 18.4. The number of nitrogens with zero attached hydrogens (tertiary/aromatic N) is 4. The van der Waals surface area contributed by atoms with Crippen molar-refractivity contribution in [1.29, 1.82) is 0 Å². The van der Waals surface area contributed by atoms with Crippen molar-refractivity contribution in [3.63, 3.8) is 0 Å². The van der Waals surface area contributed by atoms with E-state index in [4.69, 9.17) is 4.74 Å². The van der Waals surface area contributed by atoms with E-state index in [1.54, 1.807) is 17.9 Å². The molecule has 1 aliphatic rings. The molecule has 3 aromatic rings. The van der Waals surface area contributed by atoms with Crippen molar-refractivity contribution in [2.75, 3.05) is 13.2 Å². The highest BCUT2D eigenvalue weighted by Gasteiger charge is 2.35. The number of hydrogen-bond acceptors (Lipinski definition) is 5. The Morgan fingerprint density at radius 2 is 1.89 bits per heavy atom. The van der Waals surface area contributed by atoms with Crippen molar-refractivity contribution in [2.24, 2.45) is 5.92 Å². The first kappa shape index (κ1) is 24.6. The van der Waals surface area contributed by atoms with Gasteiger partial charge in [0.15, 0.2) is 5.82 Å². The molecule has 0 aliphatic carbocycles. The lowest BCUT2D eigenvalue weighted by atomic mass is 9.89. The van der Waals surface area contributed by atoms with Gasteiger partial charge in [0.25, 0.3) is 5.91 Å². The highest BCUT2D eigenvalue weighted by atomic mass is 19.4. The lowest BCUT2D eigenvalue weighted by molar-refractivity contribution is -0.137. The Bertz CT molecular complexity index is 1190. The van der Waals surface area contributed by atoms with E-state index in [1.807, 2.05) is 6.92 Å². The number of alkyl halides is 3. The molecule has 0 radical (unpaired) electrons. The lowest BCUT2D eigenvalue weighted by Crippen LogP contribution is -2.50. The maximum absolute atomic E-state index is 14.4. The van der Waals surface area contributed by atoms with Gasteiger partial charge in [-0.3, -0.25) is 4.79 Å². The van der Waals surface area contributed by atoms with Gasteiger partial charge in [0.1, 0.15) is 12.4 Å². The van der Waals surface area contributed by atoms with Gasteiger partial charge in [-0.1, -0.05) is 6.92 Å². The van der Waals surface area contributed by atoms with Crippen LogP contribution >= 0.6 is 0 Å². The number of piperidine rings is 1. The minimum Gasteiger partial charge on any atom is -0.475 e. The number of pyridine rings is 1. The molecule has 1 fully saturated rings. The molecule has 4 rings (SSSR count). The van der Waals surface area contributed by atoms with Crippen LogP contribution in [-0.4, -0.2) is 45.0 Å². The van der Waals surface area contributed by atoms with Crippen LogP contribution in [0.4, 0.5) is 17.6 Å². The molecule has 2 atom stereocenters. The number of rotatable bonds is 5. The molecule has 10 heteroatoms. The van der Waals surface area contributed by atoms with Gasteiger partial charge >= 0.3 is 6.18 Å². The number of likely N-dealkylation sites (tertiary alicyclic amines) is 1. The highest BCUT2D eigenvalue weighted by molar-refractivity contribution is 6.01. The summed E-state index contributed by atoms with van der Waals surface area (Å²) >= 11 is 0. The van der Waals surface area contributed by atoms with Gasteiger partial charge < -0.3 is 9.64 Å². The summed E-state index contributed by atoms with van der Waals surface area (Å²) in [7, 11) is 0. The molecule has 6 nitrogen and oxygen atoms in total. The predicted molar refractivity (Wildman–Crippen MR) is 120 cm³/mol. The number of halogens is 4. The SMILES string of the molecule is Cc1c(F)ccc(C(=O)N2CCC[C@@H](C)[C@H]2COc2ccc(C(F)(F)F)cn2)c1-c1ncccn1. The number of carbonyl (C=O) groups excluding carboxylic acids is 1. The average molecular weight is 488 g/mol. The summed E-state index contributed by atoms with van der Waals surface area (Å²) in [4.78, 5) is 27.6. The quantitative estimate of drug-likeness (QED) is 0.455. The molecule has 0 unspecified atom stereocenters. The fraction of sp³-hybridized carbons (Fsp3) is 0.360. The highest BCUT2D eigenvalue weighted by Crippen LogP contribution is 2.32. The maximum atomic E-state index is 14.4.